The fourth-order valence-corrected chi connectivity index (χ4v) is 2.35. The quantitative estimate of drug-likeness (QED) is 0.777. The molecule has 0 amide bonds. The molecule has 0 aliphatic heterocycles. The molecule has 2 N–H and O–H groups in total. The van der Waals surface area contributed by atoms with Gasteiger partial charge in [-0.1, -0.05) is 17.7 Å². The second-order valence-electron chi connectivity index (χ2n) is 4.56. The first kappa shape index (κ1) is 13.5. The van der Waals surface area contributed by atoms with Crippen LogP contribution in [0.4, 0.5) is 22.0 Å². The summed E-state index contributed by atoms with van der Waals surface area (Å²) in [6.07, 6.45) is -5.94. The molecule has 0 atom stereocenters. The Morgan fingerprint density at radius 2 is 1.72 bits per heavy atom. The van der Waals surface area contributed by atoms with Crippen molar-refractivity contribution in [1.29, 1.82) is 0 Å². The molecule has 7 heteroatoms. The van der Waals surface area contributed by atoms with E-state index in [-0.39, 0.29) is 5.56 Å². The van der Waals surface area contributed by atoms with E-state index in [1.54, 1.807) is 0 Å². The van der Waals surface area contributed by atoms with Gasteiger partial charge in [0.25, 0.3) is 5.92 Å². The summed E-state index contributed by atoms with van der Waals surface area (Å²) in [5, 5.41) is -0.471. The maximum atomic E-state index is 12.8. The summed E-state index contributed by atoms with van der Waals surface area (Å²) < 4.78 is 63.5. The van der Waals surface area contributed by atoms with E-state index in [1.165, 1.54) is 6.07 Å². The summed E-state index contributed by atoms with van der Waals surface area (Å²) in [7, 11) is 0. The highest BCUT2D eigenvalue weighted by molar-refractivity contribution is 6.31. The van der Waals surface area contributed by atoms with Crippen molar-refractivity contribution in [3.8, 4) is 0 Å². The lowest BCUT2D eigenvalue weighted by atomic mass is 9.69. The minimum absolute atomic E-state index is 0.0325. The molecule has 0 spiro atoms. The van der Waals surface area contributed by atoms with Gasteiger partial charge >= 0.3 is 6.18 Å². The van der Waals surface area contributed by atoms with Crippen molar-refractivity contribution >= 4 is 11.6 Å². The molecular weight excluding hydrogens is 277 g/mol. The van der Waals surface area contributed by atoms with Crippen LogP contribution in [0.3, 0.4) is 0 Å². The molecule has 0 bridgehead atoms. The van der Waals surface area contributed by atoms with E-state index in [1.807, 2.05) is 0 Å². The van der Waals surface area contributed by atoms with E-state index < -0.39 is 41.1 Å². The predicted molar refractivity (Wildman–Crippen MR) is 56.5 cm³/mol. The number of benzene rings is 1. The molecule has 18 heavy (non-hydrogen) atoms. The van der Waals surface area contributed by atoms with Gasteiger partial charge in [0.1, 0.15) is 0 Å². The molecule has 0 aromatic heterocycles. The fraction of sp³-hybridized carbons (Fsp3) is 0.455. The molecule has 0 unspecified atom stereocenters. The Labute approximate surface area is 105 Å². The number of nitrogens with two attached hydrogens (primary N) is 1. The normalized spacial score (nSPS) is 21.5. The lowest BCUT2D eigenvalue weighted by Gasteiger charge is -2.45. The van der Waals surface area contributed by atoms with Crippen molar-refractivity contribution in [2.24, 2.45) is 5.73 Å². The monoisotopic (exact) mass is 285 g/mol. The highest BCUT2D eigenvalue weighted by Gasteiger charge is 2.55. The zero-order valence-electron chi connectivity index (χ0n) is 8.99. The van der Waals surface area contributed by atoms with Crippen LogP contribution in [0.1, 0.15) is 24.0 Å². The lowest BCUT2D eigenvalue weighted by molar-refractivity contribution is -0.138. The third-order valence-corrected chi connectivity index (χ3v) is 3.32. The highest BCUT2D eigenvalue weighted by Crippen LogP contribution is 2.50. The Morgan fingerprint density at radius 3 is 2.17 bits per heavy atom. The number of halogens is 6. The zero-order valence-corrected chi connectivity index (χ0v) is 9.75. The number of alkyl halides is 5. The third kappa shape index (κ3) is 2.31. The maximum absolute atomic E-state index is 12.8. The van der Waals surface area contributed by atoms with Gasteiger partial charge in [0.2, 0.25) is 0 Å². The second-order valence-corrected chi connectivity index (χ2v) is 4.97. The molecule has 0 saturated heterocycles. The van der Waals surface area contributed by atoms with Crippen LogP contribution in [0.15, 0.2) is 18.2 Å². The van der Waals surface area contributed by atoms with Gasteiger partial charge in [0.15, 0.2) is 0 Å². The minimum atomic E-state index is -4.63. The third-order valence-electron chi connectivity index (χ3n) is 2.99. The average molecular weight is 286 g/mol. The topological polar surface area (TPSA) is 26.0 Å². The van der Waals surface area contributed by atoms with Gasteiger partial charge in [-0.2, -0.15) is 13.2 Å². The van der Waals surface area contributed by atoms with Crippen molar-refractivity contribution in [3.05, 3.63) is 34.3 Å². The van der Waals surface area contributed by atoms with Gasteiger partial charge in [-0.25, -0.2) is 8.78 Å². The molecule has 1 aliphatic carbocycles. The van der Waals surface area contributed by atoms with Gasteiger partial charge in [-0.3, -0.25) is 0 Å². The van der Waals surface area contributed by atoms with Gasteiger partial charge in [0, 0.05) is 12.8 Å². The van der Waals surface area contributed by atoms with Crippen LogP contribution < -0.4 is 5.73 Å². The molecule has 1 aromatic carbocycles. The van der Waals surface area contributed by atoms with E-state index in [2.05, 4.69) is 0 Å². The lowest BCUT2D eigenvalue weighted by Crippen LogP contribution is -2.55. The Kier molecular flexibility index (Phi) is 2.86. The molecule has 1 fully saturated rings. The zero-order chi connectivity index (χ0) is 13.8. The standard InChI is InChI=1S/C11H9ClF5N/c12-8-2-1-6(3-7(8)11(15,16)17)9(18)4-10(13,14)5-9/h1-3H,4-5,18H2. The summed E-state index contributed by atoms with van der Waals surface area (Å²) in [4.78, 5) is 0. The second kappa shape index (κ2) is 3.81. The first-order valence-electron chi connectivity index (χ1n) is 5.07. The minimum Gasteiger partial charge on any atom is -0.321 e. The predicted octanol–water partition coefficient (Wildman–Crippen LogP) is 3.94. The van der Waals surface area contributed by atoms with Gasteiger partial charge < -0.3 is 5.73 Å². The van der Waals surface area contributed by atoms with Crippen LogP contribution in [0, 0.1) is 0 Å². The molecule has 1 aromatic rings. The fourth-order valence-electron chi connectivity index (χ4n) is 2.13. The smallest absolute Gasteiger partial charge is 0.321 e. The Hall–Kier alpha value is -0.880. The van der Waals surface area contributed by atoms with Crippen LogP contribution in [0.5, 0.6) is 0 Å². The Balaban J connectivity index is 2.37. The first-order valence-corrected chi connectivity index (χ1v) is 5.45. The van der Waals surface area contributed by atoms with Crippen LogP contribution in [-0.2, 0) is 11.7 Å². The Morgan fingerprint density at radius 1 is 1.17 bits per heavy atom. The van der Waals surface area contributed by atoms with Crippen LogP contribution >= 0.6 is 11.6 Å². The van der Waals surface area contributed by atoms with Gasteiger partial charge in [0.05, 0.1) is 16.1 Å². The van der Waals surface area contributed by atoms with Crippen LogP contribution in [0.25, 0.3) is 0 Å². The number of hydrogen-bond acceptors (Lipinski definition) is 1. The summed E-state index contributed by atoms with van der Waals surface area (Å²) in [6, 6.07) is 3.04. The van der Waals surface area contributed by atoms with Gasteiger partial charge in [-0.15, -0.1) is 0 Å². The summed E-state index contributed by atoms with van der Waals surface area (Å²) in [5.41, 5.74) is 3.24. The molecular formula is C11H9ClF5N. The van der Waals surface area contributed by atoms with Crippen molar-refractivity contribution < 1.29 is 22.0 Å². The number of rotatable bonds is 1. The summed E-state index contributed by atoms with van der Waals surface area (Å²) in [6.45, 7) is 0. The summed E-state index contributed by atoms with van der Waals surface area (Å²) in [5.74, 6) is -2.91. The van der Waals surface area contributed by atoms with Crippen molar-refractivity contribution in [1.82, 2.24) is 0 Å². The van der Waals surface area contributed by atoms with E-state index in [9.17, 15) is 22.0 Å². The maximum Gasteiger partial charge on any atom is 0.417 e. The molecule has 100 valence electrons. The van der Waals surface area contributed by atoms with Crippen LogP contribution in [0.2, 0.25) is 5.02 Å². The molecule has 1 saturated carbocycles. The van der Waals surface area contributed by atoms with Crippen molar-refractivity contribution in [3.63, 3.8) is 0 Å². The van der Waals surface area contributed by atoms with Crippen molar-refractivity contribution in [2.75, 3.05) is 0 Å². The number of hydrogen-bond donors (Lipinski definition) is 1. The average Bonchev–Trinajstić information content (AvgIpc) is 2.12. The molecule has 0 radical (unpaired) electrons. The molecule has 1 aliphatic rings. The Bertz CT molecular complexity index is 475. The SMILES string of the molecule is NC1(c2ccc(Cl)c(C(F)(F)F)c2)CC(F)(F)C1. The molecule has 0 heterocycles. The van der Waals surface area contributed by atoms with Gasteiger partial charge in [-0.05, 0) is 17.7 Å². The molecule has 2 rings (SSSR count). The largest absolute Gasteiger partial charge is 0.417 e. The van der Waals surface area contributed by atoms with E-state index in [4.69, 9.17) is 17.3 Å². The summed E-state index contributed by atoms with van der Waals surface area (Å²) >= 11 is 5.44. The van der Waals surface area contributed by atoms with E-state index >= 15 is 0 Å². The first-order chi connectivity index (χ1) is 8.04. The van der Waals surface area contributed by atoms with Crippen LogP contribution in [-0.4, -0.2) is 5.92 Å². The molecule has 1 nitrogen and oxygen atoms in total. The highest BCUT2D eigenvalue weighted by atomic mass is 35.5. The van der Waals surface area contributed by atoms with E-state index in [0.29, 0.717) is 0 Å². The van der Waals surface area contributed by atoms with Crippen molar-refractivity contribution in [2.45, 2.75) is 30.5 Å². The van der Waals surface area contributed by atoms with E-state index in [0.717, 1.165) is 12.1 Å².